The molecule has 31 heavy (non-hydrogen) atoms. The topological polar surface area (TPSA) is 62.7 Å². The Labute approximate surface area is 185 Å². The van der Waals surface area contributed by atoms with Gasteiger partial charge in [-0.1, -0.05) is 23.5 Å². The van der Waals surface area contributed by atoms with Gasteiger partial charge in [0.15, 0.2) is 0 Å². The van der Waals surface area contributed by atoms with E-state index in [0.29, 0.717) is 41.6 Å². The number of thiazole rings is 1. The highest BCUT2D eigenvalue weighted by Gasteiger charge is 2.41. The minimum Gasteiger partial charge on any atom is -0.431 e. The van der Waals surface area contributed by atoms with Gasteiger partial charge < -0.3 is 4.74 Å². The van der Waals surface area contributed by atoms with Gasteiger partial charge in [0.25, 0.3) is 5.19 Å². The monoisotopic (exact) mass is 461 g/mol. The molecule has 0 amide bonds. The molecule has 6 nitrogen and oxygen atoms in total. The molecule has 0 saturated carbocycles. The molecule has 164 valence electrons. The fourth-order valence-electron chi connectivity index (χ4n) is 4.59. The smallest absolute Gasteiger partial charge is 0.279 e. The summed E-state index contributed by atoms with van der Waals surface area (Å²) < 4.78 is 45.5. The van der Waals surface area contributed by atoms with Gasteiger partial charge >= 0.3 is 0 Å². The highest BCUT2D eigenvalue weighted by molar-refractivity contribution is 7.88. The van der Waals surface area contributed by atoms with Crippen LogP contribution in [0.2, 0.25) is 0 Å². The van der Waals surface area contributed by atoms with E-state index in [1.807, 2.05) is 12.1 Å². The molecule has 0 aliphatic carbocycles. The van der Waals surface area contributed by atoms with Gasteiger partial charge in [-0.05, 0) is 49.1 Å². The summed E-state index contributed by atoms with van der Waals surface area (Å²) >= 11 is 1.39. The number of rotatable bonds is 6. The largest absolute Gasteiger partial charge is 0.431 e. The first-order valence-corrected chi connectivity index (χ1v) is 13.1. The Morgan fingerprint density at radius 2 is 1.84 bits per heavy atom. The first kappa shape index (κ1) is 20.8. The van der Waals surface area contributed by atoms with Crippen LogP contribution in [0.15, 0.2) is 42.5 Å². The number of halogens is 1. The molecule has 5 rings (SSSR count). The zero-order chi connectivity index (χ0) is 21.6. The van der Waals surface area contributed by atoms with Crippen molar-refractivity contribution in [1.29, 1.82) is 0 Å². The van der Waals surface area contributed by atoms with Crippen molar-refractivity contribution in [3.8, 4) is 10.9 Å². The van der Waals surface area contributed by atoms with Gasteiger partial charge in [-0.15, -0.1) is 0 Å². The Morgan fingerprint density at radius 3 is 2.52 bits per heavy atom. The molecule has 2 aromatic carbocycles. The molecule has 3 aromatic rings. The van der Waals surface area contributed by atoms with Gasteiger partial charge in [0.1, 0.15) is 11.6 Å². The number of hydrogen-bond acceptors (Lipinski definition) is 6. The van der Waals surface area contributed by atoms with Gasteiger partial charge in [-0.25, -0.2) is 17.8 Å². The molecule has 2 fully saturated rings. The second kappa shape index (κ2) is 8.12. The third kappa shape index (κ3) is 4.45. The molecule has 2 bridgehead atoms. The number of sulfonamides is 1. The lowest BCUT2D eigenvalue weighted by molar-refractivity contribution is 0.112. The molecule has 2 aliphatic heterocycles. The minimum atomic E-state index is -3.11. The maximum atomic E-state index is 13.3. The molecule has 0 unspecified atom stereocenters. The van der Waals surface area contributed by atoms with Crippen LogP contribution < -0.4 is 4.74 Å². The molecular formula is C22H24FN3O3S2. The fraction of sp³-hybridized carbons (Fsp3) is 0.409. The van der Waals surface area contributed by atoms with Crippen LogP contribution in [-0.4, -0.2) is 60.6 Å². The van der Waals surface area contributed by atoms with Crippen LogP contribution in [0.4, 0.5) is 4.39 Å². The summed E-state index contributed by atoms with van der Waals surface area (Å²) in [6, 6.07) is 13.1. The average molecular weight is 462 g/mol. The molecule has 2 atom stereocenters. The fourth-order valence-corrected chi connectivity index (χ4v) is 6.29. The number of piperazine rings is 1. The molecule has 9 heteroatoms. The Hall–Kier alpha value is -2.07. The lowest BCUT2D eigenvalue weighted by Crippen LogP contribution is -2.55. The van der Waals surface area contributed by atoms with Gasteiger partial charge in [0.2, 0.25) is 10.0 Å². The van der Waals surface area contributed by atoms with E-state index >= 15 is 0 Å². The Kier molecular flexibility index (Phi) is 5.45. The highest BCUT2D eigenvalue weighted by atomic mass is 32.2. The van der Waals surface area contributed by atoms with E-state index in [4.69, 9.17) is 4.74 Å². The number of hydrogen-bond donors (Lipinski definition) is 0. The maximum absolute atomic E-state index is 13.3. The summed E-state index contributed by atoms with van der Waals surface area (Å²) in [5, 5.41) is 0.494. The summed E-state index contributed by atoms with van der Waals surface area (Å²) in [6.07, 6.45) is 4.34. The van der Waals surface area contributed by atoms with Crippen molar-refractivity contribution < 1.29 is 17.5 Å². The molecule has 0 radical (unpaired) electrons. The Morgan fingerprint density at radius 1 is 1.13 bits per heavy atom. The maximum Gasteiger partial charge on any atom is 0.279 e. The van der Waals surface area contributed by atoms with Crippen molar-refractivity contribution in [2.24, 2.45) is 0 Å². The summed E-state index contributed by atoms with van der Waals surface area (Å²) in [4.78, 5) is 6.82. The number of aromatic nitrogens is 1. The van der Waals surface area contributed by atoms with Crippen LogP contribution in [0.3, 0.4) is 0 Å². The van der Waals surface area contributed by atoms with E-state index in [-0.39, 0.29) is 5.82 Å². The standard InChI is InChI=1S/C22H24FN3O3S2/c1-31(27,28)25-13-17-5-6-18(14-25)26(17)11-10-15-2-7-19(8-3-15)29-22-24-20-12-16(23)4-9-21(20)30-22/h2-4,7-9,12,17-18H,5-6,10-11,13-14H2,1H3/t17-,18+. The van der Waals surface area contributed by atoms with Crippen molar-refractivity contribution in [3.63, 3.8) is 0 Å². The molecule has 2 aliphatic rings. The molecule has 1 aromatic heterocycles. The van der Waals surface area contributed by atoms with E-state index in [1.165, 1.54) is 35.3 Å². The Balaban J connectivity index is 1.19. The summed E-state index contributed by atoms with van der Waals surface area (Å²) in [7, 11) is -3.11. The lowest BCUT2D eigenvalue weighted by atomic mass is 10.1. The van der Waals surface area contributed by atoms with Crippen molar-refractivity contribution in [2.75, 3.05) is 25.9 Å². The molecule has 0 N–H and O–H groups in total. The van der Waals surface area contributed by atoms with Gasteiger partial charge in [-0.2, -0.15) is 4.31 Å². The number of ether oxygens (including phenoxy) is 1. The zero-order valence-corrected chi connectivity index (χ0v) is 18.8. The van der Waals surface area contributed by atoms with Crippen LogP contribution in [0.25, 0.3) is 10.2 Å². The van der Waals surface area contributed by atoms with E-state index < -0.39 is 10.0 Å². The number of fused-ring (bicyclic) bond motifs is 3. The van der Waals surface area contributed by atoms with Crippen LogP contribution in [0.5, 0.6) is 10.9 Å². The summed E-state index contributed by atoms with van der Waals surface area (Å²) in [6.45, 7) is 2.14. The van der Waals surface area contributed by atoms with Crippen LogP contribution in [0, 0.1) is 5.82 Å². The molecule has 0 spiro atoms. The zero-order valence-electron chi connectivity index (χ0n) is 17.2. The van der Waals surface area contributed by atoms with E-state index in [9.17, 15) is 12.8 Å². The summed E-state index contributed by atoms with van der Waals surface area (Å²) in [5.41, 5.74) is 1.81. The van der Waals surface area contributed by atoms with Crippen molar-refractivity contribution in [2.45, 2.75) is 31.3 Å². The molecular weight excluding hydrogens is 437 g/mol. The third-order valence-electron chi connectivity index (χ3n) is 6.19. The van der Waals surface area contributed by atoms with Crippen molar-refractivity contribution >= 4 is 31.6 Å². The van der Waals surface area contributed by atoms with Crippen molar-refractivity contribution in [3.05, 3.63) is 53.8 Å². The first-order valence-electron chi connectivity index (χ1n) is 10.4. The van der Waals surface area contributed by atoms with E-state index in [2.05, 4.69) is 22.0 Å². The van der Waals surface area contributed by atoms with Crippen molar-refractivity contribution in [1.82, 2.24) is 14.2 Å². The quantitative estimate of drug-likeness (QED) is 0.558. The molecule has 3 heterocycles. The lowest BCUT2D eigenvalue weighted by Gasteiger charge is -2.39. The van der Waals surface area contributed by atoms with Gasteiger partial charge in [0, 0.05) is 37.8 Å². The van der Waals surface area contributed by atoms with Crippen LogP contribution >= 0.6 is 11.3 Å². The summed E-state index contributed by atoms with van der Waals surface area (Å²) in [5.74, 6) is 0.394. The SMILES string of the molecule is CS(=O)(=O)N1C[C@H]2CC[C@@H](C1)N2CCc1ccc(Oc2nc3cc(F)ccc3s2)cc1. The highest BCUT2D eigenvalue weighted by Crippen LogP contribution is 2.33. The second-order valence-corrected chi connectivity index (χ2v) is 11.3. The van der Waals surface area contributed by atoms with Gasteiger partial charge in [-0.3, -0.25) is 4.90 Å². The Bertz CT molecular complexity index is 1180. The second-order valence-electron chi connectivity index (χ2n) is 8.29. The normalized spacial score (nSPS) is 22.3. The average Bonchev–Trinajstić information content (AvgIpc) is 3.21. The van der Waals surface area contributed by atoms with E-state index in [1.54, 1.807) is 10.4 Å². The van der Waals surface area contributed by atoms with Gasteiger partial charge in [0.05, 0.1) is 16.5 Å². The predicted molar refractivity (Wildman–Crippen MR) is 120 cm³/mol. The third-order valence-corrected chi connectivity index (χ3v) is 8.34. The van der Waals surface area contributed by atoms with E-state index in [0.717, 1.165) is 30.5 Å². The number of benzene rings is 2. The minimum absolute atomic E-state index is 0.306. The number of nitrogens with zero attached hydrogens (tertiary/aromatic N) is 3. The van der Waals surface area contributed by atoms with Crippen LogP contribution in [0.1, 0.15) is 18.4 Å². The molecule has 2 saturated heterocycles. The predicted octanol–water partition coefficient (Wildman–Crippen LogP) is 3.88. The van der Waals surface area contributed by atoms with Crippen LogP contribution in [-0.2, 0) is 16.4 Å². The first-order chi connectivity index (χ1) is 14.8.